The summed E-state index contributed by atoms with van der Waals surface area (Å²) in [6, 6.07) is 10.2. The average molecular weight is 482 g/mol. The molecule has 162 valence electrons. The molecular weight excluding hydrogens is 464 g/mol. The zero-order chi connectivity index (χ0) is 20.4. The summed E-state index contributed by atoms with van der Waals surface area (Å²) < 4.78 is 21.9. The third-order valence-electron chi connectivity index (χ3n) is 4.06. The molecule has 2 aromatic carbocycles. The van der Waals surface area contributed by atoms with E-state index in [2.05, 4.69) is 20.3 Å². The molecule has 0 atom stereocenters. The van der Waals surface area contributed by atoms with Crippen molar-refractivity contribution in [1.82, 2.24) is 19.5 Å². The van der Waals surface area contributed by atoms with E-state index in [1.807, 2.05) is 31.3 Å². The van der Waals surface area contributed by atoms with E-state index in [1.165, 1.54) is 25.4 Å². The lowest BCUT2D eigenvalue weighted by Crippen LogP contribution is -2.06. The van der Waals surface area contributed by atoms with Crippen LogP contribution in [0.5, 0.6) is 5.75 Å². The molecule has 0 aliphatic carbocycles. The Morgan fingerprint density at radius 3 is 2.65 bits per heavy atom. The maximum atomic E-state index is 14.8. The third kappa shape index (κ3) is 5.43. The van der Waals surface area contributed by atoms with Crippen molar-refractivity contribution in [1.29, 1.82) is 0 Å². The monoisotopic (exact) mass is 481 g/mol. The van der Waals surface area contributed by atoms with Crippen molar-refractivity contribution in [2.24, 2.45) is 7.05 Å². The summed E-state index contributed by atoms with van der Waals surface area (Å²) in [6.45, 7) is 1.29. The minimum atomic E-state index is -0.514. The maximum Gasteiger partial charge on any atom is 0.308 e. The second kappa shape index (κ2) is 10.4. The minimum Gasteiger partial charge on any atom is -0.424 e. The van der Waals surface area contributed by atoms with Crippen LogP contribution >= 0.6 is 36.6 Å². The number of rotatable bonds is 5. The number of aryl methyl sites for hydroxylation is 1. The molecule has 0 aliphatic rings. The summed E-state index contributed by atoms with van der Waals surface area (Å²) in [7, 11) is 1.82. The molecule has 0 fully saturated rings. The quantitative estimate of drug-likeness (QED) is 0.311. The number of nitrogens with one attached hydrogen (secondary N) is 1. The molecule has 0 spiro atoms. The number of fused-ring (bicyclic) bond motifs is 1. The zero-order valence-electron chi connectivity index (χ0n) is 16.4. The van der Waals surface area contributed by atoms with Crippen LogP contribution in [0.4, 0.5) is 15.9 Å². The molecule has 0 aliphatic heterocycles. The normalized spacial score (nSPS) is 10.2. The van der Waals surface area contributed by atoms with Crippen LogP contribution in [-0.4, -0.2) is 25.5 Å². The largest absolute Gasteiger partial charge is 0.424 e. The molecule has 0 saturated carbocycles. The van der Waals surface area contributed by atoms with Crippen molar-refractivity contribution in [3.63, 3.8) is 0 Å². The topological polar surface area (TPSA) is 81.9 Å². The standard InChI is InChI=1S/C20H16FN5O2S.2ClH/c1-12(27)28-17-10-18(29-20-22-7-8-26(20)2)14(21)9-16(17)25-19-13-5-3-4-6-15(13)23-11-24-19;;/h3-11H,1-2H3,(H,23,24,25);2*1H. The van der Waals surface area contributed by atoms with E-state index in [-0.39, 0.29) is 41.1 Å². The SMILES string of the molecule is CC(=O)Oc1cc(Sc2nccn2C)c(F)cc1Nc1ncnc2ccccc12.Cl.Cl. The number of esters is 1. The molecule has 2 heterocycles. The molecular formula is C20H18Cl2FN5O2S. The van der Waals surface area contributed by atoms with E-state index >= 15 is 0 Å². The molecule has 1 N–H and O–H groups in total. The van der Waals surface area contributed by atoms with Gasteiger partial charge in [0.2, 0.25) is 0 Å². The lowest BCUT2D eigenvalue weighted by Gasteiger charge is -2.14. The van der Waals surface area contributed by atoms with Gasteiger partial charge < -0.3 is 14.6 Å². The zero-order valence-corrected chi connectivity index (χ0v) is 18.9. The van der Waals surface area contributed by atoms with Gasteiger partial charge in [-0.15, -0.1) is 24.8 Å². The molecule has 4 rings (SSSR count). The van der Waals surface area contributed by atoms with Gasteiger partial charge in [0.25, 0.3) is 0 Å². The van der Waals surface area contributed by atoms with Gasteiger partial charge in [-0.2, -0.15) is 0 Å². The fraction of sp³-hybridized carbons (Fsp3) is 0.100. The highest BCUT2D eigenvalue weighted by Gasteiger charge is 2.17. The van der Waals surface area contributed by atoms with Gasteiger partial charge in [-0.05, 0) is 23.9 Å². The fourth-order valence-corrected chi connectivity index (χ4v) is 3.57. The first-order valence-corrected chi connectivity index (χ1v) is 9.47. The summed E-state index contributed by atoms with van der Waals surface area (Å²) in [5.74, 6) is -0.318. The number of ether oxygens (including phenoxy) is 1. The van der Waals surface area contributed by atoms with Gasteiger partial charge in [-0.3, -0.25) is 4.79 Å². The summed E-state index contributed by atoms with van der Waals surface area (Å²) in [5.41, 5.74) is 1.02. The van der Waals surface area contributed by atoms with Crippen LogP contribution in [0.3, 0.4) is 0 Å². The van der Waals surface area contributed by atoms with Crippen LogP contribution in [0.25, 0.3) is 10.9 Å². The van der Waals surface area contributed by atoms with Gasteiger partial charge in [-0.1, -0.05) is 12.1 Å². The lowest BCUT2D eigenvalue weighted by atomic mass is 10.2. The minimum absolute atomic E-state index is 0. The van der Waals surface area contributed by atoms with Crippen LogP contribution in [0.15, 0.2) is 65.2 Å². The summed E-state index contributed by atoms with van der Waals surface area (Å²) in [4.78, 5) is 24.5. The third-order valence-corrected chi connectivity index (χ3v) is 5.17. The van der Waals surface area contributed by atoms with E-state index in [0.29, 0.717) is 11.0 Å². The number of carbonyl (C=O) groups is 1. The molecule has 4 aromatic rings. The number of carbonyl (C=O) groups excluding carboxylic acids is 1. The molecule has 0 saturated heterocycles. The molecule has 0 bridgehead atoms. The Kier molecular flexibility index (Phi) is 8.21. The molecule has 11 heteroatoms. The number of benzene rings is 2. The number of hydrogen-bond donors (Lipinski definition) is 1. The summed E-state index contributed by atoms with van der Waals surface area (Å²) >= 11 is 1.14. The highest BCUT2D eigenvalue weighted by Crippen LogP contribution is 2.37. The number of imidazole rings is 1. The van der Waals surface area contributed by atoms with Crippen LogP contribution in [0.2, 0.25) is 0 Å². The molecule has 31 heavy (non-hydrogen) atoms. The van der Waals surface area contributed by atoms with Crippen LogP contribution in [-0.2, 0) is 11.8 Å². The Bertz CT molecular complexity index is 1220. The van der Waals surface area contributed by atoms with Gasteiger partial charge in [0.05, 0.1) is 16.1 Å². The summed E-state index contributed by atoms with van der Waals surface area (Å²) in [6.07, 6.45) is 4.81. The number of hydrogen-bond acceptors (Lipinski definition) is 7. The van der Waals surface area contributed by atoms with Crippen LogP contribution in [0.1, 0.15) is 6.92 Å². The van der Waals surface area contributed by atoms with Crippen LogP contribution < -0.4 is 10.1 Å². The first-order valence-electron chi connectivity index (χ1n) is 8.65. The molecule has 0 unspecified atom stereocenters. The highest BCUT2D eigenvalue weighted by molar-refractivity contribution is 7.99. The van der Waals surface area contributed by atoms with Gasteiger partial charge in [0.1, 0.15) is 18.0 Å². The number of aromatic nitrogens is 4. The van der Waals surface area contributed by atoms with Crippen molar-refractivity contribution in [3.05, 3.63) is 60.9 Å². The van der Waals surface area contributed by atoms with E-state index < -0.39 is 11.8 Å². The van der Waals surface area contributed by atoms with Gasteiger partial charge >= 0.3 is 5.97 Å². The number of nitrogens with zero attached hydrogens (tertiary/aromatic N) is 4. The van der Waals surface area contributed by atoms with Crippen molar-refractivity contribution in [2.45, 2.75) is 17.0 Å². The molecule has 7 nitrogen and oxygen atoms in total. The second-order valence-corrected chi connectivity index (χ2v) is 7.17. The molecule has 2 aromatic heterocycles. The number of anilines is 2. The predicted molar refractivity (Wildman–Crippen MR) is 122 cm³/mol. The Morgan fingerprint density at radius 1 is 1.16 bits per heavy atom. The first kappa shape index (κ1) is 24.4. The number of para-hydroxylation sites is 1. The van der Waals surface area contributed by atoms with Gasteiger partial charge in [-0.25, -0.2) is 19.3 Å². The van der Waals surface area contributed by atoms with Crippen molar-refractivity contribution in [3.8, 4) is 5.75 Å². The smallest absolute Gasteiger partial charge is 0.308 e. The molecule has 0 amide bonds. The Labute approximate surface area is 194 Å². The van der Waals surface area contributed by atoms with E-state index in [1.54, 1.807) is 17.0 Å². The summed E-state index contributed by atoms with van der Waals surface area (Å²) in [5, 5.41) is 4.43. The lowest BCUT2D eigenvalue weighted by molar-refractivity contribution is -0.131. The van der Waals surface area contributed by atoms with Crippen molar-refractivity contribution in [2.75, 3.05) is 5.32 Å². The van der Waals surface area contributed by atoms with Gasteiger partial charge in [0, 0.05) is 43.9 Å². The van der Waals surface area contributed by atoms with Gasteiger partial charge in [0.15, 0.2) is 10.9 Å². The Balaban J connectivity index is 0.00000171. The average Bonchev–Trinajstić information content (AvgIpc) is 3.10. The maximum absolute atomic E-state index is 14.8. The van der Waals surface area contributed by atoms with E-state index in [4.69, 9.17) is 4.74 Å². The number of halogens is 3. The second-order valence-electron chi connectivity index (χ2n) is 6.16. The molecule has 0 radical (unpaired) electrons. The Morgan fingerprint density at radius 2 is 1.94 bits per heavy atom. The van der Waals surface area contributed by atoms with Crippen molar-refractivity contribution >= 4 is 65.0 Å². The Hall–Kier alpha value is -2.88. The van der Waals surface area contributed by atoms with Crippen molar-refractivity contribution < 1.29 is 13.9 Å². The highest BCUT2D eigenvalue weighted by atomic mass is 35.5. The fourth-order valence-electron chi connectivity index (χ4n) is 2.73. The van der Waals surface area contributed by atoms with E-state index in [9.17, 15) is 9.18 Å². The van der Waals surface area contributed by atoms with Crippen LogP contribution in [0, 0.1) is 5.82 Å². The first-order chi connectivity index (χ1) is 14.0. The predicted octanol–water partition coefficient (Wildman–Crippen LogP) is 5.17. The van der Waals surface area contributed by atoms with E-state index in [0.717, 1.165) is 22.7 Å².